The van der Waals surface area contributed by atoms with Gasteiger partial charge in [-0.2, -0.15) is 5.10 Å². The fraction of sp³-hybridized carbons (Fsp3) is 0.692. The molecule has 5 heteroatoms. The number of rotatable bonds is 6. The Balaban J connectivity index is 2.94. The van der Waals surface area contributed by atoms with Crippen molar-refractivity contribution in [2.45, 2.75) is 53.2 Å². The number of ketones is 1. The van der Waals surface area contributed by atoms with Gasteiger partial charge in [0.1, 0.15) is 5.60 Å². The highest BCUT2D eigenvalue weighted by Gasteiger charge is 2.29. The van der Waals surface area contributed by atoms with E-state index in [1.807, 2.05) is 20.8 Å². The van der Waals surface area contributed by atoms with Gasteiger partial charge in [0, 0.05) is 13.2 Å². The lowest BCUT2D eigenvalue weighted by atomic mass is 9.99. The highest BCUT2D eigenvalue weighted by atomic mass is 35.5. The molecule has 0 saturated carbocycles. The summed E-state index contributed by atoms with van der Waals surface area (Å²) in [7, 11) is 0. The van der Waals surface area contributed by atoms with Crippen molar-refractivity contribution in [2.75, 3.05) is 6.61 Å². The molecule has 0 N–H and O–H groups in total. The molecule has 1 aromatic heterocycles. The maximum atomic E-state index is 12.2. The van der Waals surface area contributed by atoms with Crippen molar-refractivity contribution < 1.29 is 9.53 Å². The summed E-state index contributed by atoms with van der Waals surface area (Å²) in [5.74, 6) is 0.0147. The summed E-state index contributed by atoms with van der Waals surface area (Å²) in [5, 5.41) is 4.88. The molecule has 0 radical (unpaired) electrons. The van der Waals surface area contributed by atoms with Crippen molar-refractivity contribution in [1.29, 1.82) is 0 Å². The molecule has 18 heavy (non-hydrogen) atoms. The minimum atomic E-state index is -0.783. The van der Waals surface area contributed by atoms with Crippen LogP contribution in [0.1, 0.15) is 39.1 Å². The fourth-order valence-electron chi connectivity index (χ4n) is 1.84. The summed E-state index contributed by atoms with van der Waals surface area (Å²) in [6.07, 6.45) is 0.251. The largest absolute Gasteiger partial charge is 0.368 e. The van der Waals surface area contributed by atoms with E-state index in [1.165, 1.54) is 0 Å². The van der Waals surface area contributed by atoms with Gasteiger partial charge in [0.05, 0.1) is 22.8 Å². The zero-order valence-electron chi connectivity index (χ0n) is 11.7. The van der Waals surface area contributed by atoms with E-state index in [2.05, 4.69) is 5.10 Å². The summed E-state index contributed by atoms with van der Waals surface area (Å²) in [6, 6.07) is 0. The molecule has 0 aliphatic carbocycles. The van der Waals surface area contributed by atoms with Gasteiger partial charge in [0.15, 0.2) is 5.78 Å². The normalized spacial score (nSPS) is 11.9. The van der Waals surface area contributed by atoms with Crippen LogP contribution in [-0.2, 0) is 22.5 Å². The molecular weight excluding hydrogens is 252 g/mol. The maximum Gasteiger partial charge on any atom is 0.170 e. The van der Waals surface area contributed by atoms with Crippen LogP contribution in [0.4, 0.5) is 0 Å². The number of aromatic nitrogens is 2. The smallest absolute Gasteiger partial charge is 0.170 e. The topological polar surface area (TPSA) is 44.1 Å². The molecule has 0 fully saturated rings. The van der Waals surface area contributed by atoms with Crippen LogP contribution in [0.25, 0.3) is 0 Å². The molecule has 0 aromatic carbocycles. The van der Waals surface area contributed by atoms with Crippen molar-refractivity contribution in [2.24, 2.45) is 0 Å². The van der Waals surface area contributed by atoms with E-state index in [0.717, 1.165) is 11.4 Å². The number of halogens is 1. The molecule has 0 unspecified atom stereocenters. The van der Waals surface area contributed by atoms with Gasteiger partial charge in [-0.1, -0.05) is 11.6 Å². The number of hydrogen-bond donors (Lipinski definition) is 0. The van der Waals surface area contributed by atoms with Gasteiger partial charge in [-0.3, -0.25) is 9.48 Å². The molecule has 102 valence electrons. The van der Waals surface area contributed by atoms with Crippen molar-refractivity contribution in [1.82, 2.24) is 9.78 Å². The first-order chi connectivity index (χ1) is 8.33. The summed E-state index contributed by atoms with van der Waals surface area (Å²) in [6.45, 7) is 10.5. The zero-order valence-corrected chi connectivity index (χ0v) is 12.5. The van der Waals surface area contributed by atoms with Gasteiger partial charge < -0.3 is 4.74 Å². The van der Waals surface area contributed by atoms with Crippen LogP contribution in [0.2, 0.25) is 5.02 Å². The Morgan fingerprint density at radius 3 is 2.56 bits per heavy atom. The molecule has 0 aliphatic heterocycles. The van der Waals surface area contributed by atoms with Crippen molar-refractivity contribution >= 4 is 17.4 Å². The second-order valence-electron chi connectivity index (χ2n) is 4.71. The lowest BCUT2D eigenvalue weighted by molar-refractivity contribution is -0.139. The molecule has 1 heterocycles. The number of carbonyl (C=O) groups excluding carboxylic acids is 1. The SMILES string of the molecule is CCOC(C)(C)C(=O)Cc1c(Cl)c(C)nn1CC. The van der Waals surface area contributed by atoms with Crippen LogP contribution in [0.5, 0.6) is 0 Å². The maximum absolute atomic E-state index is 12.2. The summed E-state index contributed by atoms with van der Waals surface area (Å²) in [5.41, 5.74) is 0.749. The van der Waals surface area contributed by atoms with Crippen molar-refractivity contribution in [3.8, 4) is 0 Å². The van der Waals surface area contributed by atoms with Crippen LogP contribution in [0.15, 0.2) is 0 Å². The monoisotopic (exact) mass is 272 g/mol. The molecule has 4 nitrogen and oxygen atoms in total. The third-order valence-corrected chi connectivity index (χ3v) is 3.45. The Bertz CT molecular complexity index is 438. The van der Waals surface area contributed by atoms with Crippen LogP contribution >= 0.6 is 11.6 Å². The predicted octanol–water partition coefficient (Wildman–Crippen LogP) is 2.79. The van der Waals surface area contributed by atoms with E-state index < -0.39 is 5.60 Å². The third-order valence-electron chi connectivity index (χ3n) is 2.96. The van der Waals surface area contributed by atoms with E-state index in [1.54, 1.807) is 18.5 Å². The molecule has 1 aromatic rings. The highest BCUT2D eigenvalue weighted by Crippen LogP contribution is 2.23. The number of hydrogen-bond acceptors (Lipinski definition) is 3. The number of nitrogens with zero attached hydrogens (tertiary/aromatic N) is 2. The van der Waals surface area contributed by atoms with E-state index in [-0.39, 0.29) is 12.2 Å². The predicted molar refractivity (Wildman–Crippen MR) is 72.1 cm³/mol. The van der Waals surface area contributed by atoms with Crippen LogP contribution in [0.3, 0.4) is 0 Å². The number of Topliss-reactive ketones (excluding diaryl/α,β-unsaturated/α-hetero) is 1. The molecule has 0 atom stereocenters. The second-order valence-corrected chi connectivity index (χ2v) is 5.08. The van der Waals surface area contributed by atoms with Crippen molar-refractivity contribution in [3.05, 3.63) is 16.4 Å². The van der Waals surface area contributed by atoms with Gasteiger partial charge in [-0.05, 0) is 34.6 Å². The third kappa shape index (κ3) is 3.12. The molecule has 0 bridgehead atoms. The Morgan fingerprint density at radius 2 is 2.06 bits per heavy atom. The minimum absolute atomic E-state index is 0.0147. The van der Waals surface area contributed by atoms with E-state index in [0.29, 0.717) is 18.2 Å². The lowest BCUT2D eigenvalue weighted by Gasteiger charge is -2.23. The Kier molecular flexibility index (Phi) is 4.93. The number of ether oxygens (including phenoxy) is 1. The molecule has 0 saturated heterocycles. The van der Waals surface area contributed by atoms with Gasteiger partial charge in [-0.25, -0.2) is 0 Å². The Morgan fingerprint density at radius 1 is 1.44 bits per heavy atom. The van der Waals surface area contributed by atoms with E-state index >= 15 is 0 Å². The zero-order chi connectivity index (χ0) is 13.9. The van der Waals surface area contributed by atoms with Gasteiger partial charge in [0.25, 0.3) is 0 Å². The quantitative estimate of drug-likeness (QED) is 0.800. The average Bonchev–Trinajstić information content (AvgIpc) is 2.56. The van der Waals surface area contributed by atoms with Crippen molar-refractivity contribution in [3.63, 3.8) is 0 Å². The molecular formula is C13H21ClN2O2. The summed E-state index contributed by atoms with van der Waals surface area (Å²) < 4.78 is 7.24. The standard InChI is InChI=1S/C13H21ClN2O2/c1-6-16-10(12(14)9(3)15-16)8-11(17)13(4,5)18-7-2/h6-8H2,1-5H3. The summed E-state index contributed by atoms with van der Waals surface area (Å²) >= 11 is 6.19. The van der Waals surface area contributed by atoms with E-state index in [9.17, 15) is 4.79 Å². The first-order valence-corrected chi connectivity index (χ1v) is 6.60. The molecule has 0 spiro atoms. The number of aryl methyl sites for hydroxylation is 2. The van der Waals surface area contributed by atoms with Gasteiger partial charge in [0.2, 0.25) is 0 Å². The van der Waals surface area contributed by atoms with Crippen LogP contribution in [-0.4, -0.2) is 27.8 Å². The molecule has 0 amide bonds. The fourth-order valence-corrected chi connectivity index (χ4v) is 2.05. The van der Waals surface area contributed by atoms with E-state index in [4.69, 9.17) is 16.3 Å². The van der Waals surface area contributed by atoms with Gasteiger partial charge in [-0.15, -0.1) is 0 Å². The lowest BCUT2D eigenvalue weighted by Crippen LogP contribution is -2.36. The minimum Gasteiger partial charge on any atom is -0.368 e. The Labute approximate surface area is 113 Å². The molecule has 1 rings (SSSR count). The van der Waals surface area contributed by atoms with Crippen LogP contribution < -0.4 is 0 Å². The molecule has 0 aliphatic rings. The highest BCUT2D eigenvalue weighted by molar-refractivity contribution is 6.32. The number of carbonyl (C=O) groups is 1. The first-order valence-electron chi connectivity index (χ1n) is 6.22. The second kappa shape index (κ2) is 5.85. The first kappa shape index (κ1) is 15.2. The Hall–Kier alpha value is -0.870. The van der Waals surface area contributed by atoms with Gasteiger partial charge >= 0.3 is 0 Å². The van der Waals surface area contributed by atoms with Crippen LogP contribution in [0, 0.1) is 6.92 Å². The average molecular weight is 273 g/mol. The summed E-state index contributed by atoms with van der Waals surface area (Å²) in [4.78, 5) is 12.2.